The Morgan fingerprint density at radius 1 is 1.47 bits per heavy atom. The van der Waals surface area contributed by atoms with Crippen molar-refractivity contribution >= 4 is 11.3 Å². The Bertz CT molecular complexity index is 407. The second kappa shape index (κ2) is 6.31. The van der Waals surface area contributed by atoms with Gasteiger partial charge in [-0.1, -0.05) is 12.8 Å². The van der Waals surface area contributed by atoms with Crippen LogP contribution in [0.5, 0.6) is 0 Å². The number of rotatable bonds is 4. The van der Waals surface area contributed by atoms with E-state index in [1.807, 2.05) is 7.05 Å². The van der Waals surface area contributed by atoms with Crippen LogP contribution in [0.4, 0.5) is 0 Å². The zero-order valence-corrected chi connectivity index (χ0v) is 12.4. The summed E-state index contributed by atoms with van der Waals surface area (Å²) in [6.07, 6.45) is 5.68. The van der Waals surface area contributed by atoms with Gasteiger partial charge in [0.25, 0.3) is 0 Å². The van der Waals surface area contributed by atoms with Crippen LogP contribution < -0.4 is 5.32 Å². The van der Waals surface area contributed by atoms with Crippen LogP contribution in [0.15, 0.2) is 5.38 Å². The highest BCUT2D eigenvalue weighted by Gasteiger charge is 2.34. The fourth-order valence-corrected chi connectivity index (χ4v) is 4.03. The molecule has 2 unspecified atom stereocenters. The first-order chi connectivity index (χ1) is 9.36. The van der Waals surface area contributed by atoms with Crippen molar-refractivity contribution in [2.45, 2.75) is 50.9 Å². The largest absolute Gasteiger partial charge is 0.375 e. The Morgan fingerprint density at radius 3 is 3.26 bits per heavy atom. The van der Waals surface area contributed by atoms with E-state index in [9.17, 15) is 0 Å². The average molecular weight is 281 g/mol. The number of nitrogens with one attached hydrogen (secondary N) is 1. The van der Waals surface area contributed by atoms with E-state index < -0.39 is 0 Å². The Kier molecular flexibility index (Phi) is 4.48. The van der Waals surface area contributed by atoms with Gasteiger partial charge in [-0.2, -0.15) is 0 Å². The van der Waals surface area contributed by atoms with Gasteiger partial charge in [-0.15, -0.1) is 11.3 Å². The highest BCUT2D eigenvalue weighted by molar-refractivity contribution is 7.09. The lowest BCUT2D eigenvalue weighted by Gasteiger charge is -2.43. The third kappa shape index (κ3) is 3.16. The minimum absolute atomic E-state index is 0.470. The maximum Gasteiger partial charge on any atom is 0.107 e. The fraction of sp³-hybridized carbons (Fsp3) is 0.786. The summed E-state index contributed by atoms with van der Waals surface area (Å²) in [4.78, 5) is 7.29. The average Bonchev–Trinajstić information content (AvgIpc) is 2.87. The molecule has 1 N–H and O–H groups in total. The molecular weight excluding hydrogens is 258 g/mol. The van der Waals surface area contributed by atoms with Gasteiger partial charge in [0.1, 0.15) is 5.01 Å². The van der Waals surface area contributed by atoms with Gasteiger partial charge in [0, 0.05) is 31.1 Å². The number of nitrogens with zero attached hydrogens (tertiary/aromatic N) is 2. The summed E-state index contributed by atoms with van der Waals surface area (Å²) in [6.45, 7) is 3.80. The zero-order valence-electron chi connectivity index (χ0n) is 11.6. The van der Waals surface area contributed by atoms with E-state index in [1.54, 1.807) is 11.3 Å². The molecule has 0 amide bonds. The van der Waals surface area contributed by atoms with Crippen LogP contribution in [-0.2, 0) is 17.8 Å². The van der Waals surface area contributed by atoms with E-state index in [-0.39, 0.29) is 0 Å². The van der Waals surface area contributed by atoms with Gasteiger partial charge >= 0.3 is 0 Å². The van der Waals surface area contributed by atoms with Crippen molar-refractivity contribution < 1.29 is 4.74 Å². The molecule has 106 valence electrons. The van der Waals surface area contributed by atoms with Crippen molar-refractivity contribution in [1.82, 2.24) is 15.2 Å². The second-order valence-corrected chi connectivity index (χ2v) is 6.44. The Morgan fingerprint density at radius 2 is 2.37 bits per heavy atom. The number of hydrogen-bond donors (Lipinski definition) is 1. The summed E-state index contributed by atoms with van der Waals surface area (Å²) in [5.74, 6) is 0. The van der Waals surface area contributed by atoms with Gasteiger partial charge in [0.15, 0.2) is 0 Å². The first-order valence-corrected chi connectivity index (χ1v) is 8.18. The monoisotopic (exact) mass is 281 g/mol. The lowest BCUT2D eigenvalue weighted by atomic mass is 9.90. The van der Waals surface area contributed by atoms with E-state index in [4.69, 9.17) is 9.72 Å². The topological polar surface area (TPSA) is 37.4 Å². The first-order valence-electron chi connectivity index (χ1n) is 7.30. The molecule has 0 spiro atoms. The van der Waals surface area contributed by atoms with Crippen molar-refractivity contribution in [2.75, 3.05) is 20.2 Å². The number of hydrogen-bond acceptors (Lipinski definition) is 5. The third-order valence-electron chi connectivity index (χ3n) is 4.14. The molecule has 1 saturated heterocycles. The van der Waals surface area contributed by atoms with E-state index in [0.29, 0.717) is 12.1 Å². The smallest absolute Gasteiger partial charge is 0.107 e. The third-order valence-corrected chi connectivity index (χ3v) is 5.04. The van der Waals surface area contributed by atoms with Gasteiger partial charge in [-0.3, -0.25) is 4.90 Å². The number of fused-ring (bicyclic) bond motifs is 1. The molecule has 2 fully saturated rings. The van der Waals surface area contributed by atoms with Crippen LogP contribution in [0.3, 0.4) is 0 Å². The van der Waals surface area contributed by atoms with Crippen molar-refractivity contribution in [1.29, 1.82) is 0 Å². The summed E-state index contributed by atoms with van der Waals surface area (Å²) in [5, 5.41) is 6.55. The molecule has 5 heteroatoms. The summed E-state index contributed by atoms with van der Waals surface area (Å²) in [5.41, 5.74) is 1.22. The summed E-state index contributed by atoms with van der Waals surface area (Å²) < 4.78 is 5.92. The number of aromatic nitrogens is 1. The molecule has 1 aromatic rings. The molecule has 2 atom stereocenters. The molecule has 0 aromatic carbocycles. The number of morpholine rings is 1. The summed E-state index contributed by atoms with van der Waals surface area (Å²) in [6, 6.07) is 0.622. The van der Waals surface area contributed by atoms with Crippen molar-refractivity contribution in [3.8, 4) is 0 Å². The molecule has 2 aliphatic rings. The van der Waals surface area contributed by atoms with E-state index in [0.717, 1.165) is 26.2 Å². The van der Waals surface area contributed by atoms with Gasteiger partial charge < -0.3 is 10.1 Å². The van der Waals surface area contributed by atoms with Crippen LogP contribution in [0.1, 0.15) is 36.4 Å². The van der Waals surface area contributed by atoms with Gasteiger partial charge in [0.05, 0.1) is 18.4 Å². The number of thiazole rings is 1. The maximum atomic E-state index is 5.92. The minimum atomic E-state index is 0.470. The Labute approximate surface area is 119 Å². The minimum Gasteiger partial charge on any atom is -0.375 e. The highest BCUT2D eigenvalue weighted by atomic mass is 32.1. The fourth-order valence-electron chi connectivity index (χ4n) is 3.23. The van der Waals surface area contributed by atoms with Crippen molar-refractivity contribution in [3.05, 3.63) is 16.1 Å². The molecule has 0 bridgehead atoms. The lowest BCUT2D eigenvalue weighted by Crippen LogP contribution is -2.52. The van der Waals surface area contributed by atoms with Crippen molar-refractivity contribution in [2.24, 2.45) is 0 Å². The molecule has 4 nitrogen and oxygen atoms in total. The van der Waals surface area contributed by atoms with Crippen LogP contribution in [0, 0.1) is 0 Å². The maximum absolute atomic E-state index is 5.92. The standard InChI is InChI=1S/C14H23N3OS/c1-15-8-14-16-11(10-19-14)9-17-6-7-18-13-5-3-2-4-12(13)17/h10,12-13,15H,2-9H2,1H3. The first kappa shape index (κ1) is 13.5. The summed E-state index contributed by atoms with van der Waals surface area (Å²) in [7, 11) is 1.97. The zero-order chi connectivity index (χ0) is 13.1. The predicted octanol–water partition coefficient (Wildman–Crippen LogP) is 2.01. The van der Waals surface area contributed by atoms with E-state index >= 15 is 0 Å². The van der Waals surface area contributed by atoms with Crippen LogP contribution in [-0.4, -0.2) is 42.2 Å². The Hall–Kier alpha value is -0.490. The van der Waals surface area contributed by atoms with Crippen LogP contribution in [0.2, 0.25) is 0 Å². The molecule has 1 aromatic heterocycles. The molecule has 3 rings (SSSR count). The van der Waals surface area contributed by atoms with E-state index in [2.05, 4.69) is 15.6 Å². The molecular formula is C14H23N3OS. The molecule has 2 heterocycles. The lowest BCUT2D eigenvalue weighted by molar-refractivity contribution is -0.0914. The molecule has 1 aliphatic heterocycles. The predicted molar refractivity (Wildman–Crippen MR) is 77.3 cm³/mol. The van der Waals surface area contributed by atoms with Crippen molar-refractivity contribution in [3.63, 3.8) is 0 Å². The molecule has 0 radical (unpaired) electrons. The second-order valence-electron chi connectivity index (χ2n) is 5.49. The quantitative estimate of drug-likeness (QED) is 0.916. The Balaban J connectivity index is 1.63. The van der Waals surface area contributed by atoms with Gasteiger partial charge in [-0.25, -0.2) is 4.98 Å². The normalized spacial score (nSPS) is 28.3. The highest BCUT2D eigenvalue weighted by Crippen LogP contribution is 2.29. The number of ether oxygens (including phenoxy) is 1. The molecule has 1 aliphatic carbocycles. The SMILES string of the molecule is CNCc1nc(CN2CCOC3CCCCC32)cs1. The van der Waals surface area contributed by atoms with Gasteiger partial charge in [0.2, 0.25) is 0 Å². The molecule has 1 saturated carbocycles. The summed E-state index contributed by atoms with van der Waals surface area (Å²) >= 11 is 1.76. The van der Waals surface area contributed by atoms with Crippen LogP contribution >= 0.6 is 11.3 Å². The van der Waals surface area contributed by atoms with E-state index in [1.165, 1.54) is 36.4 Å². The van der Waals surface area contributed by atoms with Gasteiger partial charge in [-0.05, 0) is 19.9 Å². The molecule has 19 heavy (non-hydrogen) atoms. The van der Waals surface area contributed by atoms with Crippen LogP contribution in [0.25, 0.3) is 0 Å².